The second kappa shape index (κ2) is 4.65. The number of aryl methyl sites for hydroxylation is 1. The van der Waals surface area contributed by atoms with E-state index < -0.39 is 5.97 Å². The number of nitrogens with zero attached hydrogens (tertiary/aromatic N) is 2. The van der Waals surface area contributed by atoms with Crippen LogP contribution in [0.1, 0.15) is 24.3 Å². The Labute approximate surface area is 94.0 Å². The quantitative estimate of drug-likeness (QED) is 0.834. The number of carbonyl (C=O) groups is 1. The van der Waals surface area contributed by atoms with Crippen molar-refractivity contribution >= 4 is 5.97 Å². The van der Waals surface area contributed by atoms with Gasteiger partial charge in [0.1, 0.15) is 5.76 Å². The molecule has 1 aliphatic rings. The average molecular weight is 224 g/mol. The summed E-state index contributed by atoms with van der Waals surface area (Å²) >= 11 is 0. The minimum Gasteiger partial charge on any atom is -0.481 e. The molecular weight excluding hydrogens is 208 g/mol. The number of aromatic nitrogens is 1. The zero-order chi connectivity index (χ0) is 11.5. The molecule has 0 aliphatic carbocycles. The van der Waals surface area contributed by atoms with Gasteiger partial charge in [-0.05, 0) is 25.8 Å². The van der Waals surface area contributed by atoms with Crippen molar-refractivity contribution in [3.63, 3.8) is 0 Å². The highest BCUT2D eigenvalue weighted by Gasteiger charge is 2.24. The summed E-state index contributed by atoms with van der Waals surface area (Å²) in [6, 6.07) is 1.92. The van der Waals surface area contributed by atoms with Crippen LogP contribution in [0.15, 0.2) is 10.6 Å². The lowest BCUT2D eigenvalue weighted by Crippen LogP contribution is -2.21. The van der Waals surface area contributed by atoms with Crippen molar-refractivity contribution in [2.24, 2.45) is 5.92 Å². The van der Waals surface area contributed by atoms with Crippen molar-refractivity contribution in [3.05, 3.63) is 17.5 Å². The van der Waals surface area contributed by atoms with Crippen molar-refractivity contribution in [1.82, 2.24) is 10.1 Å². The molecule has 0 amide bonds. The Morgan fingerprint density at radius 1 is 1.75 bits per heavy atom. The normalized spacial score (nSPS) is 21.4. The minimum absolute atomic E-state index is 0.272. The van der Waals surface area contributed by atoms with E-state index in [2.05, 4.69) is 10.1 Å². The van der Waals surface area contributed by atoms with Gasteiger partial charge in [-0.25, -0.2) is 0 Å². The number of carboxylic acid groups (broad SMARTS) is 1. The van der Waals surface area contributed by atoms with Gasteiger partial charge in [0, 0.05) is 25.6 Å². The molecule has 1 aromatic rings. The van der Waals surface area contributed by atoms with Crippen LogP contribution >= 0.6 is 0 Å². The molecule has 2 heterocycles. The summed E-state index contributed by atoms with van der Waals surface area (Å²) in [5.74, 6) is 0.394. The molecule has 1 N–H and O–H groups in total. The lowest BCUT2D eigenvalue weighted by Gasteiger charge is -2.13. The third-order valence-corrected chi connectivity index (χ3v) is 2.90. The second-order valence-corrected chi connectivity index (χ2v) is 4.42. The Balaban J connectivity index is 1.82. The van der Waals surface area contributed by atoms with Gasteiger partial charge in [-0.1, -0.05) is 5.16 Å². The van der Waals surface area contributed by atoms with Crippen LogP contribution in [0.2, 0.25) is 0 Å². The van der Waals surface area contributed by atoms with Crippen LogP contribution in [0, 0.1) is 12.8 Å². The number of rotatable bonds is 4. The molecule has 0 aromatic carbocycles. The summed E-state index contributed by atoms with van der Waals surface area (Å²) in [4.78, 5) is 12.8. The van der Waals surface area contributed by atoms with Gasteiger partial charge in [-0.3, -0.25) is 9.69 Å². The van der Waals surface area contributed by atoms with E-state index in [1.54, 1.807) is 0 Å². The molecule has 1 aromatic heterocycles. The summed E-state index contributed by atoms with van der Waals surface area (Å²) in [5.41, 5.74) is 0.925. The van der Waals surface area contributed by atoms with E-state index in [1.807, 2.05) is 13.0 Å². The molecule has 0 bridgehead atoms. The Morgan fingerprint density at radius 2 is 2.56 bits per heavy atom. The molecule has 0 spiro atoms. The maximum atomic E-state index is 10.6. The summed E-state index contributed by atoms with van der Waals surface area (Å²) in [6.07, 6.45) is 1.23. The van der Waals surface area contributed by atoms with Crippen molar-refractivity contribution in [2.75, 3.05) is 13.1 Å². The number of hydrogen-bond donors (Lipinski definition) is 1. The van der Waals surface area contributed by atoms with Gasteiger partial charge < -0.3 is 9.63 Å². The van der Waals surface area contributed by atoms with Crippen LogP contribution < -0.4 is 0 Å². The van der Waals surface area contributed by atoms with Gasteiger partial charge in [0.25, 0.3) is 0 Å². The van der Waals surface area contributed by atoms with Crippen LogP contribution in [0.5, 0.6) is 0 Å². The van der Waals surface area contributed by atoms with Crippen molar-refractivity contribution in [2.45, 2.75) is 26.3 Å². The third-order valence-electron chi connectivity index (χ3n) is 2.90. The SMILES string of the molecule is Cc1cc(CN2CCC(CC(=O)O)C2)no1. The first-order valence-corrected chi connectivity index (χ1v) is 5.50. The summed E-state index contributed by atoms with van der Waals surface area (Å²) in [7, 11) is 0. The molecule has 1 aliphatic heterocycles. The molecule has 0 saturated carbocycles. The first kappa shape index (κ1) is 11.1. The summed E-state index contributed by atoms with van der Waals surface area (Å²) in [5, 5.41) is 12.6. The third kappa shape index (κ3) is 2.82. The number of carboxylic acids is 1. The number of aliphatic carboxylic acids is 1. The maximum absolute atomic E-state index is 10.6. The highest BCUT2D eigenvalue weighted by atomic mass is 16.5. The minimum atomic E-state index is -0.705. The predicted octanol–water partition coefficient (Wildman–Crippen LogP) is 1.28. The fourth-order valence-corrected chi connectivity index (χ4v) is 2.19. The number of hydrogen-bond acceptors (Lipinski definition) is 4. The molecule has 1 saturated heterocycles. The Hall–Kier alpha value is -1.36. The van der Waals surface area contributed by atoms with E-state index in [4.69, 9.17) is 9.63 Å². The lowest BCUT2D eigenvalue weighted by molar-refractivity contribution is -0.138. The number of likely N-dealkylation sites (tertiary alicyclic amines) is 1. The van der Waals surface area contributed by atoms with E-state index in [0.717, 1.165) is 37.5 Å². The van der Waals surface area contributed by atoms with E-state index in [-0.39, 0.29) is 12.3 Å². The summed E-state index contributed by atoms with van der Waals surface area (Å²) < 4.78 is 5.00. The first-order valence-electron chi connectivity index (χ1n) is 5.50. The molecule has 1 unspecified atom stereocenters. The first-order chi connectivity index (χ1) is 7.63. The van der Waals surface area contributed by atoms with Crippen LogP contribution in [0.3, 0.4) is 0 Å². The predicted molar refractivity (Wildman–Crippen MR) is 56.9 cm³/mol. The fraction of sp³-hybridized carbons (Fsp3) is 0.636. The van der Waals surface area contributed by atoms with Gasteiger partial charge in [0.2, 0.25) is 0 Å². The van der Waals surface area contributed by atoms with E-state index >= 15 is 0 Å². The molecule has 0 radical (unpaired) electrons. The molecule has 2 rings (SSSR count). The van der Waals surface area contributed by atoms with Gasteiger partial charge in [-0.2, -0.15) is 0 Å². The topological polar surface area (TPSA) is 66.6 Å². The molecular formula is C11H16N2O3. The van der Waals surface area contributed by atoms with Crippen molar-refractivity contribution < 1.29 is 14.4 Å². The highest BCUT2D eigenvalue weighted by Crippen LogP contribution is 2.21. The van der Waals surface area contributed by atoms with Crippen LogP contribution in [-0.4, -0.2) is 34.2 Å². The highest BCUT2D eigenvalue weighted by molar-refractivity contribution is 5.67. The smallest absolute Gasteiger partial charge is 0.303 e. The standard InChI is InChI=1S/C11H16N2O3/c1-8-4-10(12-16-8)7-13-3-2-9(6-13)5-11(14)15/h4,9H,2-3,5-7H2,1H3,(H,14,15). The molecule has 1 fully saturated rings. The fourth-order valence-electron chi connectivity index (χ4n) is 2.19. The Kier molecular flexibility index (Phi) is 3.24. The van der Waals surface area contributed by atoms with E-state index in [0.29, 0.717) is 0 Å². The molecule has 88 valence electrons. The van der Waals surface area contributed by atoms with Crippen molar-refractivity contribution in [3.8, 4) is 0 Å². The van der Waals surface area contributed by atoms with Crippen LogP contribution in [0.4, 0.5) is 0 Å². The van der Waals surface area contributed by atoms with Gasteiger partial charge >= 0.3 is 5.97 Å². The largest absolute Gasteiger partial charge is 0.481 e. The Bertz CT molecular complexity index is 375. The second-order valence-electron chi connectivity index (χ2n) is 4.42. The monoisotopic (exact) mass is 224 g/mol. The zero-order valence-corrected chi connectivity index (χ0v) is 9.35. The van der Waals surface area contributed by atoms with Crippen molar-refractivity contribution in [1.29, 1.82) is 0 Å². The molecule has 1 atom stereocenters. The zero-order valence-electron chi connectivity index (χ0n) is 9.35. The average Bonchev–Trinajstić information content (AvgIpc) is 2.76. The van der Waals surface area contributed by atoms with E-state index in [9.17, 15) is 4.79 Å². The molecule has 16 heavy (non-hydrogen) atoms. The summed E-state index contributed by atoms with van der Waals surface area (Å²) in [6.45, 7) is 4.42. The Morgan fingerprint density at radius 3 is 3.19 bits per heavy atom. The van der Waals surface area contributed by atoms with E-state index in [1.165, 1.54) is 0 Å². The van der Waals surface area contributed by atoms with Gasteiger partial charge in [0.15, 0.2) is 0 Å². The van der Waals surface area contributed by atoms with Crippen LogP contribution in [0.25, 0.3) is 0 Å². The van der Waals surface area contributed by atoms with Crippen LogP contribution in [-0.2, 0) is 11.3 Å². The lowest BCUT2D eigenvalue weighted by atomic mass is 10.1. The molecule has 5 heteroatoms. The van der Waals surface area contributed by atoms with Gasteiger partial charge in [-0.15, -0.1) is 0 Å². The molecule has 5 nitrogen and oxygen atoms in total. The maximum Gasteiger partial charge on any atom is 0.303 e. The van der Waals surface area contributed by atoms with Gasteiger partial charge in [0.05, 0.1) is 5.69 Å².